The van der Waals surface area contributed by atoms with Crippen molar-refractivity contribution in [3.8, 4) is 0 Å². The monoisotopic (exact) mass is 231 g/mol. The molecule has 0 aliphatic heterocycles. The number of benzene rings is 1. The third-order valence-corrected chi connectivity index (χ3v) is 3.68. The van der Waals surface area contributed by atoms with E-state index < -0.39 is 0 Å². The summed E-state index contributed by atoms with van der Waals surface area (Å²) in [6, 6.07) is 6.85. The second-order valence-electron chi connectivity index (χ2n) is 4.91. The standard InChI is InChI=1S/C15H21NO/c1-11-4-3-5-14(12(11)2)9-16-15-7-6-13(8-15)10-17/h3-7,13,15-17H,8-10H2,1-2H3/t13-,15+/m0/s1. The molecule has 2 atom stereocenters. The van der Waals surface area contributed by atoms with Gasteiger partial charge < -0.3 is 10.4 Å². The molecule has 1 aliphatic rings. The highest BCUT2D eigenvalue weighted by molar-refractivity contribution is 5.33. The first-order valence-electron chi connectivity index (χ1n) is 6.28. The molecule has 92 valence electrons. The third-order valence-electron chi connectivity index (χ3n) is 3.68. The van der Waals surface area contributed by atoms with Crippen LogP contribution in [0.1, 0.15) is 23.1 Å². The molecule has 0 heterocycles. The number of hydrogen-bond donors (Lipinski definition) is 2. The molecule has 1 aromatic rings. The van der Waals surface area contributed by atoms with Gasteiger partial charge in [-0.3, -0.25) is 0 Å². The van der Waals surface area contributed by atoms with Gasteiger partial charge in [0.2, 0.25) is 0 Å². The Hall–Kier alpha value is -1.12. The van der Waals surface area contributed by atoms with E-state index in [4.69, 9.17) is 5.11 Å². The average molecular weight is 231 g/mol. The Balaban J connectivity index is 1.91. The minimum Gasteiger partial charge on any atom is -0.396 e. The fourth-order valence-electron chi connectivity index (χ4n) is 2.31. The first-order chi connectivity index (χ1) is 8.20. The maximum absolute atomic E-state index is 9.07. The molecule has 0 aromatic heterocycles. The van der Waals surface area contributed by atoms with Crippen LogP contribution in [0.2, 0.25) is 0 Å². The SMILES string of the molecule is Cc1cccc(CN[C@@H]2C=C[C@H](CO)C2)c1C. The van der Waals surface area contributed by atoms with Crippen LogP contribution in [0.15, 0.2) is 30.4 Å². The van der Waals surface area contributed by atoms with Crippen LogP contribution in [0.25, 0.3) is 0 Å². The molecular weight excluding hydrogens is 210 g/mol. The van der Waals surface area contributed by atoms with Crippen LogP contribution in [0.4, 0.5) is 0 Å². The van der Waals surface area contributed by atoms with Crippen LogP contribution in [-0.4, -0.2) is 17.8 Å². The minimum absolute atomic E-state index is 0.262. The van der Waals surface area contributed by atoms with Crippen molar-refractivity contribution in [2.75, 3.05) is 6.61 Å². The molecule has 0 saturated carbocycles. The summed E-state index contributed by atoms with van der Waals surface area (Å²) in [7, 11) is 0. The smallest absolute Gasteiger partial charge is 0.0494 e. The normalized spacial score (nSPS) is 23.2. The topological polar surface area (TPSA) is 32.3 Å². The van der Waals surface area contributed by atoms with Gasteiger partial charge in [0, 0.05) is 25.1 Å². The largest absolute Gasteiger partial charge is 0.396 e. The highest BCUT2D eigenvalue weighted by atomic mass is 16.3. The van der Waals surface area contributed by atoms with Gasteiger partial charge in [-0.1, -0.05) is 30.4 Å². The molecule has 2 N–H and O–H groups in total. The number of rotatable bonds is 4. The van der Waals surface area contributed by atoms with Gasteiger partial charge in [0.15, 0.2) is 0 Å². The van der Waals surface area contributed by atoms with Gasteiger partial charge in [-0.25, -0.2) is 0 Å². The number of aryl methyl sites for hydroxylation is 1. The maximum atomic E-state index is 9.07. The van der Waals surface area contributed by atoms with E-state index in [0.29, 0.717) is 12.0 Å². The molecule has 0 spiro atoms. The van der Waals surface area contributed by atoms with Gasteiger partial charge in [-0.2, -0.15) is 0 Å². The zero-order valence-electron chi connectivity index (χ0n) is 10.6. The predicted molar refractivity (Wildman–Crippen MR) is 70.9 cm³/mol. The van der Waals surface area contributed by atoms with Gasteiger partial charge in [0.25, 0.3) is 0 Å². The number of aliphatic hydroxyl groups is 1. The summed E-state index contributed by atoms with van der Waals surface area (Å²) < 4.78 is 0. The molecule has 0 fully saturated rings. The first-order valence-corrected chi connectivity index (χ1v) is 6.28. The van der Waals surface area contributed by atoms with E-state index in [1.54, 1.807) is 0 Å². The summed E-state index contributed by atoms with van der Waals surface area (Å²) in [5.41, 5.74) is 4.09. The van der Waals surface area contributed by atoms with Gasteiger partial charge >= 0.3 is 0 Å². The molecular formula is C15H21NO. The molecule has 2 heteroatoms. The minimum atomic E-state index is 0.262. The highest BCUT2D eigenvalue weighted by Gasteiger charge is 2.17. The molecule has 0 bridgehead atoms. The molecule has 0 radical (unpaired) electrons. The van der Waals surface area contributed by atoms with E-state index in [1.165, 1.54) is 16.7 Å². The lowest BCUT2D eigenvalue weighted by atomic mass is 10.0. The Bertz CT molecular complexity index is 411. The van der Waals surface area contributed by atoms with Crippen LogP contribution < -0.4 is 5.32 Å². The number of hydrogen-bond acceptors (Lipinski definition) is 2. The van der Waals surface area contributed by atoms with E-state index in [2.05, 4.69) is 49.5 Å². The third kappa shape index (κ3) is 2.96. The molecule has 2 rings (SSSR count). The number of aliphatic hydroxyl groups excluding tert-OH is 1. The molecule has 1 aliphatic carbocycles. The van der Waals surface area contributed by atoms with Crippen LogP contribution in [0.5, 0.6) is 0 Å². The summed E-state index contributed by atoms with van der Waals surface area (Å²) >= 11 is 0. The van der Waals surface area contributed by atoms with Crippen molar-refractivity contribution in [3.63, 3.8) is 0 Å². The number of nitrogens with one attached hydrogen (secondary N) is 1. The van der Waals surface area contributed by atoms with Gasteiger partial charge in [-0.15, -0.1) is 0 Å². The van der Waals surface area contributed by atoms with Crippen LogP contribution in [0, 0.1) is 19.8 Å². The fourth-order valence-corrected chi connectivity index (χ4v) is 2.31. The molecule has 0 saturated heterocycles. The van der Waals surface area contributed by atoms with Crippen molar-refractivity contribution in [1.29, 1.82) is 0 Å². The van der Waals surface area contributed by atoms with Gasteiger partial charge in [0.05, 0.1) is 0 Å². The second-order valence-corrected chi connectivity index (χ2v) is 4.91. The lowest BCUT2D eigenvalue weighted by Crippen LogP contribution is -2.26. The summed E-state index contributed by atoms with van der Waals surface area (Å²) in [5.74, 6) is 0.339. The second kappa shape index (κ2) is 5.48. The van der Waals surface area contributed by atoms with Crippen molar-refractivity contribution in [1.82, 2.24) is 5.32 Å². The maximum Gasteiger partial charge on any atom is 0.0494 e. The lowest BCUT2D eigenvalue weighted by Gasteiger charge is -2.14. The van der Waals surface area contributed by atoms with E-state index in [1.807, 2.05) is 0 Å². The Kier molecular flexibility index (Phi) is 3.97. The van der Waals surface area contributed by atoms with Gasteiger partial charge in [-0.05, 0) is 37.0 Å². The molecule has 1 aromatic carbocycles. The fraction of sp³-hybridized carbons (Fsp3) is 0.467. The summed E-state index contributed by atoms with van der Waals surface area (Å²) in [6.07, 6.45) is 5.30. The Morgan fingerprint density at radius 2 is 2.12 bits per heavy atom. The Morgan fingerprint density at radius 3 is 2.82 bits per heavy atom. The average Bonchev–Trinajstić information content (AvgIpc) is 2.79. The zero-order chi connectivity index (χ0) is 12.3. The van der Waals surface area contributed by atoms with Crippen LogP contribution in [-0.2, 0) is 6.54 Å². The van der Waals surface area contributed by atoms with E-state index in [-0.39, 0.29) is 6.61 Å². The molecule has 17 heavy (non-hydrogen) atoms. The van der Waals surface area contributed by atoms with Crippen molar-refractivity contribution < 1.29 is 5.11 Å². The first kappa shape index (κ1) is 12.3. The van der Waals surface area contributed by atoms with Crippen molar-refractivity contribution in [2.45, 2.75) is 32.9 Å². The van der Waals surface area contributed by atoms with E-state index in [0.717, 1.165) is 13.0 Å². The molecule has 0 unspecified atom stereocenters. The van der Waals surface area contributed by atoms with E-state index >= 15 is 0 Å². The molecule has 0 amide bonds. The van der Waals surface area contributed by atoms with Crippen molar-refractivity contribution in [3.05, 3.63) is 47.0 Å². The van der Waals surface area contributed by atoms with Crippen LogP contribution in [0.3, 0.4) is 0 Å². The molecule has 2 nitrogen and oxygen atoms in total. The van der Waals surface area contributed by atoms with Crippen LogP contribution >= 0.6 is 0 Å². The van der Waals surface area contributed by atoms with Crippen molar-refractivity contribution >= 4 is 0 Å². The lowest BCUT2D eigenvalue weighted by molar-refractivity contribution is 0.246. The summed E-state index contributed by atoms with van der Waals surface area (Å²) in [5, 5.41) is 12.6. The highest BCUT2D eigenvalue weighted by Crippen LogP contribution is 2.18. The predicted octanol–water partition coefficient (Wildman–Crippen LogP) is 2.33. The van der Waals surface area contributed by atoms with E-state index in [9.17, 15) is 0 Å². The Morgan fingerprint density at radius 1 is 1.29 bits per heavy atom. The quantitative estimate of drug-likeness (QED) is 0.780. The summed E-state index contributed by atoms with van der Waals surface area (Å²) in [6.45, 7) is 5.49. The van der Waals surface area contributed by atoms with Gasteiger partial charge in [0.1, 0.15) is 0 Å². The Labute approximate surface area is 103 Å². The van der Waals surface area contributed by atoms with Crippen molar-refractivity contribution in [2.24, 2.45) is 5.92 Å². The summed E-state index contributed by atoms with van der Waals surface area (Å²) in [4.78, 5) is 0. The zero-order valence-corrected chi connectivity index (χ0v) is 10.6.